The maximum Gasteiger partial charge on any atom is 0.103 e. The van der Waals surface area contributed by atoms with E-state index in [1.165, 1.54) is 0 Å². The molecule has 0 saturated carbocycles. The summed E-state index contributed by atoms with van der Waals surface area (Å²) in [5, 5.41) is 22.0. The molecule has 3 nitrogen and oxygen atoms in total. The van der Waals surface area contributed by atoms with Gasteiger partial charge in [0.15, 0.2) is 0 Å². The van der Waals surface area contributed by atoms with E-state index in [-0.39, 0.29) is 0 Å². The fourth-order valence-electron chi connectivity index (χ4n) is 1.86. The van der Waals surface area contributed by atoms with Crippen LogP contribution in [0.2, 0.25) is 5.02 Å². The quantitative estimate of drug-likeness (QED) is 0.812. The Labute approximate surface area is 133 Å². The van der Waals surface area contributed by atoms with Crippen molar-refractivity contribution in [3.05, 3.63) is 52.5 Å². The summed E-state index contributed by atoms with van der Waals surface area (Å²) >= 11 is 7.75. The van der Waals surface area contributed by atoms with Crippen molar-refractivity contribution in [1.29, 1.82) is 10.5 Å². The van der Waals surface area contributed by atoms with E-state index in [0.29, 0.717) is 27.5 Å². The van der Waals surface area contributed by atoms with Crippen molar-refractivity contribution in [3.63, 3.8) is 0 Å². The number of hydrogen-bond acceptors (Lipinski definition) is 4. The second-order valence-corrected chi connectivity index (χ2v) is 5.87. The highest BCUT2D eigenvalue weighted by Gasteiger charge is 2.10. The van der Waals surface area contributed by atoms with Gasteiger partial charge in [-0.15, -0.1) is 11.8 Å². The van der Waals surface area contributed by atoms with Crippen LogP contribution in [0, 0.1) is 22.7 Å². The zero-order valence-corrected chi connectivity index (χ0v) is 12.9. The van der Waals surface area contributed by atoms with Crippen molar-refractivity contribution >= 4 is 34.7 Å². The van der Waals surface area contributed by atoms with E-state index in [1.54, 1.807) is 30.0 Å². The summed E-state index contributed by atoms with van der Waals surface area (Å²) in [5.74, 6) is 0.892. The highest BCUT2D eigenvalue weighted by Crippen LogP contribution is 2.32. The predicted octanol–water partition coefficient (Wildman–Crippen LogP) is 4.94. The normalized spacial score (nSPS) is 9.71. The molecule has 0 spiro atoms. The van der Waals surface area contributed by atoms with Crippen LogP contribution in [0.25, 0.3) is 0 Å². The second-order valence-electron chi connectivity index (χ2n) is 4.15. The van der Waals surface area contributed by atoms with E-state index in [4.69, 9.17) is 16.9 Å². The Hall–Kier alpha value is -2.14. The monoisotopic (exact) mass is 313 g/mol. The maximum atomic E-state index is 9.39. The Morgan fingerprint density at radius 2 is 1.95 bits per heavy atom. The van der Waals surface area contributed by atoms with E-state index in [9.17, 15) is 5.26 Å². The molecule has 1 N–H and O–H groups in total. The summed E-state index contributed by atoms with van der Waals surface area (Å²) in [6.45, 7) is 2.04. The van der Waals surface area contributed by atoms with Gasteiger partial charge in [-0.1, -0.05) is 24.6 Å². The van der Waals surface area contributed by atoms with Crippen LogP contribution < -0.4 is 5.32 Å². The largest absolute Gasteiger partial charge is 0.353 e. The lowest BCUT2D eigenvalue weighted by Crippen LogP contribution is -1.96. The Balaban J connectivity index is 2.43. The van der Waals surface area contributed by atoms with Crippen LogP contribution in [-0.4, -0.2) is 5.75 Å². The fourth-order valence-corrected chi connectivity index (χ4v) is 2.81. The number of benzene rings is 2. The number of anilines is 2. The zero-order chi connectivity index (χ0) is 15.2. The van der Waals surface area contributed by atoms with Crippen molar-refractivity contribution in [2.24, 2.45) is 0 Å². The Kier molecular flexibility index (Phi) is 5.11. The van der Waals surface area contributed by atoms with Crippen molar-refractivity contribution in [2.45, 2.75) is 11.8 Å². The third-order valence-electron chi connectivity index (χ3n) is 2.80. The number of nitrogens with zero attached hydrogens (tertiary/aromatic N) is 2. The van der Waals surface area contributed by atoms with Gasteiger partial charge >= 0.3 is 0 Å². The van der Waals surface area contributed by atoms with Crippen LogP contribution in [0.1, 0.15) is 18.1 Å². The molecule has 0 bridgehead atoms. The zero-order valence-electron chi connectivity index (χ0n) is 11.4. The third-order valence-corrected chi connectivity index (χ3v) is 4.07. The Bertz CT molecular complexity index is 744. The smallest absolute Gasteiger partial charge is 0.103 e. The SMILES string of the molecule is CCSc1cccc(Nc2cc(C#N)ccc2Cl)c1C#N. The highest BCUT2D eigenvalue weighted by molar-refractivity contribution is 7.99. The Morgan fingerprint density at radius 1 is 1.14 bits per heavy atom. The molecular formula is C16H12ClN3S. The van der Waals surface area contributed by atoms with Crippen LogP contribution in [0.4, 0.5) is 11.4 Å². The molecule has 5 heteroatoms. The fraction of sp³-hybridized carbons (Fsp3) is 0.125. The number of thioether (sulfide) groups is 1. The topological polar surface area (TPSA) is 59.6 Å². The Morgan fingerprint density at radius 3 is 2.62 bits per heavy atom. The van der Waals surface area contributed by atoms with Crippen LogP contribution in [-0.2, 0) is 0 Å². The highest BCUT2D eigenvalue weighted by atomic mass is 35.5. The number of rotatable bonds is 4. The summed E-state index contributed by atoms with van der Waals surface area (Å²) in [6.07, 6.45) is 0. The molecule has 0 aromatic heterocycles. The molecule has 0 unspecified atom stereocenters. The minimum absolute atomic E-state index is 0.506. The first-order chi connectivity index (χ1) is 10.2. The molecule has 21 heavy (non-hydrogen) atoms. The molecule has 0 fully saturated rings. The first kappa shape index (κ1) is 15.3. The van der Waals surface area contributed by atoms with Crippen LogP contribution in [0.15, 0.2) is 41.3 Å². The van der Waals surface area contributed by atoms with E-state index in [2.05, 4.69) is 17.5 Å². The molecule has 2 aromatic carbocycles. The number of nitrogens with one attached hydrogen (secondary N) is 1. The first-order valence-corrected chi connectivity index (χ1v) is 7.68. The first-order valence-electron chi connectivity index (χ1n) is 6.32. The predicted molar refractivity (Wildman–Crippen MR) is 87.0 cm³/mol. The molecule has 0 radical (unpaired) electrons. The van der Waals surface area contributed by atoms with Gasteiger partial charge < -0.3 is 5.32 Å². The average molecular weight is 314 g/mol. The van der Waals surface area contributed by atoms with Crippen molar-refractivity contribution in [1.82, 2.24) is 0 Å². The third kappa shape index (κ3) is 3.49. The molecule has 0 aliphatic heterocycles. The number of hydrogen-bond donors (Lipinski definition) is 1. The van der Waals surface area contributed by atoms with Crippen LogP contribution in [0.5, 0.6) is 0 Å². The molecule has 0 aliphatic carbocycles. The average Bonchev–Trinajstić information content (AvgIpc) is 2.50. The van der Waals surface area contributed by atoms with Crippen LogP contribution in [0.3, 0.4) is 0 Å². The molecule has 0 heterocycles. The minimum atomic E-state index is 0.506. The van der Waals surface area contributed by atoms with Crippen molar-refractivity contribution in [2.75, 3.05) is 11.1 Å². The standard InChI is InChI=1S/C16H12ClN3S/c1-2-21-16-5-3-4-14(12(16)10-19)20-15-8-11(9-18)6-7-13(15)17/h3-8,20H,2H2,1H3. The lowest BCUT2D eigenvalue weighted by atomic mass is 10.1. The number of halogens is 1. The van der Waals surface area contributed by atoms with E-state index < -0.39 is 0 Å². The van der Waals surface area contributed by atoms with Crippen molar-refractivity contribution in [3.8, 4) is 12.1 Å². The van der Waals surface area contributed by atoms with Gasteiger partial charge in [0.25, 0.3) is 0 Å². The molecule has 0 amide bonds. The summed E-state index contributed by atoms with van der Waals surface area (Å²) in [5.41, 5.74) is 2.40. The van der Waals surface area contributed by atoms with Gasteiger partial charge in [-0.3, -0.25) is 0 Å². The van der Waals surface area contributed by atoms with Gasteiger partial charge in [-0.2, -0.15) is 10.5 Å². The summed E-state index contributed by atoms with van der Waals surface area (Å²) in [4.78, 5) is 0.928. The minimum Gasteiger partial charge on any atom is -0.353 e. The van der Waals surface area contributed by atoms with E-state index >= 15 is 0 Å². The van der Waals surface area contributed by atoms with Gasteiger partial charge in [0.05, 0.1) is 33.6 Å². The van der Waals surface area contributed by atoms with Gasteiger partial charge in [0.2, 0.25) is 0 Å². The second kappa shape index (κ2) is 7.04. The number of nitriles is 2. The van der Waals surface area contributed by atoms with E-state index in [1.807, 2.05) is 25.1 Å². The summed E-state index contributed by atoms with van der Waals surface area (Å²) in [6, 6.07) is 14.9. The molecule has 0 saturated heterocycles. The molecule has 0 aliphatic rings. The summed E-state index contributed by atoms with van der Waals surface area (Å²) < 4.78 is 0. The van der Waals surface area contributed by atoms with Gasteiger partial charge in [0.1, 0.15) is 6.07 Å². The van der Waals surface area contributed by atoms with Gasteiger partial charge in [-0.25, -0.2) is 0 Å². The molecule has 0 atom stereocenters. The molecule has 2 rings (SSSR count). The van der Waals surface area contributed by atoms with Crippen molar-refractivity contribution < 1.29 is 0 Å². The van der Waals surface area contributed by atoms with Gasteiger partial charge in [-0.05, 0) is 36.1 Å². The molecule has 2 aromatic rings. The summed E-state index contributed by atoms with van der Waals surface area (Å²) in [7, 11) is 0. The van der Waals surface area contributed by atoms with Crippen LogP contribution >= 0.6 is 23.4 Å². The lowest BCUT2D eigenvalue weighted by molar-refractivity contribution is 1.34. The molecular weight excluding hydrogens is 302 g/mol. The lowest BCUT2D eigenvalue weighted by Gasteiger charge is -2.12. The van der Waals surface area contributed by atoms with E-state index in [0.717, 1.165) is 10.6 Å². The molecule has 104 valence electrons. The maximum absolute atomic E-state index is 9.39. The van der Waals surface area contributed by atoms with Gasteiger partial charge in [0, 0.05) is 4.90 Å².